The second kappa shape index (κ2) is 8.30. The first-order chi connectivity index (χ1) is 15.5. The zero-order valence-electron chi connectivity index (χ0n) is 17.5. The highest BCUT2D eigenvalue weighted by Gasteiger charge is 2.60. The van der Waals surface area contributed by atoms with Gasteiger partial charge in [0.2, 0.25) is 0 Å². The van der Waals surface area contributed by atoms with E-state index in [-0.39, 0.29) is 45.4 Å². The summed E-state index contributed by atoms with van der Waals surface area (Å²) in [5.41, 5.74) is -1.88. The molecule has 0 unspecified atom stereocenters. The Hall–Kier alpha value is -2.63. The number of hydrogen-bond acceptors (Lipinski definition) is 5. The third kappa shape index (κ3) is 3.87. The Morgan fingerprint density at radius 3 is 2.64 bits per heavy atom. The molecule has 2 amide bonds. The number of rotatable bonds is 4. The van der Waals surface area contributed by atoms with Crippen LogP contribution >= 0.6 is 23.2 Å². The smallest absolute Gasteiger partial charge is 0.396 e. The average Bonchev–Trinajstić information content (AvgIpc) is 3.27. The van der Waals surface area contributed by atoms with Gasteiger partial charge in [-0.05, 0) is 19.4 Å². The molecule has 3 aromatic rings. The van der Waals surface area contributed by atoms with E-state index in [9.17, 15) is 23.1 Å². The van der Waals surface area contributed by atoms with Crippen molar-refractivity contribution in [3.8, 4) is 0 Å². The zero-order chi connectivity index (χ0) is 24.1. The molecular formula is C20H19Cl2F3N6O2. The number of halogens is 5. The maximum atomic E-state index is 14.2. The number of carbonyl (C=O) groups is 1. The predicted molar refractivity (Wildman–Crippen MR) is 117 cm³/mol. The van der Waals surface area contributed by atoms with E-state index >= 15 is 0 Å². The standard InChI is InChI=1S/C20H19Cl2F3N6O2/c1-3-10(8-32)16-12(21)4-11(6-27-16)28-18(33)30-9-19(2,20(23,24)25)17-13(30)7-26-15-5-14(22)29-31(15)17/h4-7,10,32H,3,8-9H2,1-2H3,(H,28,33)/t10-,19+/m0/s1. The molecule has 33 heavy (non-hydrogen) atoms. The van der Waals surface area contributed by atoms with Crippen molar-refractivity contribution in [2.45, 2.75) is 37.8 Å². The summed E-state index contributed by atoms with van der Waals surface area (Å²) >= 11 is 12.1. The van der Waals surface area contributed by atoms with Gasteiger partial charge < -0.3 is 10.4 Å². The second-order valence-corrected chi connectivity index (χ2v) is 8.75. The Balaban J connectivity index is 1.70. The third-order valence-corrected chi connectivity index (χ3v) is 6.30. The van der Waals surface area contributed by atoms with Crippen molar-refractivity contribution < 1.29 is 23.1 Å². The predicted octanol–water partition coefficient (Wildman–Crippen LogP) is 4.79. The van der Waals surface area contributed by atoms with E-state index in [1.54, 1.807) is 0 Å². The van der Waals surface area contributed by atoms with Crippen LogP contribution in [-0.4, -0.2) is 50.0 Å². The van der Waals surface area contributed by atoms with Crippen LogP contribution in [0.15, 0.2) is 24.5 Å². The van der Waals surface area contributed by atoms with E-state index < -0.39 is 24.2 Å². The lowest BCUT2D eigenvalue weighted by molar-refractivity contribution is -0.181. The molecular weight excluding hydrogens is 484 g/mol. The number of aliphatic hydroxyl groups excluding tert-OH is 1. The molecule has 0 aliphatic carbocycles. The molecule has 176 valence electrons. The van der Waals surface area contributed by atoms with Crippen molar-refractivity contribution in [2.24, 2.45) is 0 Å². The van der Waals surface area contributed by atoms with Gasteiger partial charge in [0.15, 0.2) is 10.8 Å². The van der Waals surface area contributed by atoms with Gasteiger partial charge in [-0.3, -0.25) is 9.88 Å². The van der Waals surface area contributed by atoms with Crippen LogP contribution in [0.1, 0.15) is 37.6 Å². The number of urea groups is 1. The Morgan fingerprint density at radius 2 is 2.03 bits per heavy atom. The van der Waals surface area contributed by atoms with E-state index in [4.69, 9.17) is 23.2 Å². The first-order valence-electron chi connectivity index (χ1n) is 9.96. The molecule has 3 aromatic heterocycles. The van der Waals surface area contributed by atoms with E-state index in [1.165, 1.54) is 24.5 Å². The number of nitrogens with one attached hydrogen (secondary N) is 1. The van der Waals surface area contributed by atoms with Crippen molar-refractivity contribution in [1.82, 2.24) is 19.6 Å². The summed E-state index contributed by atoms with van der Waals surface area (Å²) in [6.45, 7) is 2.04. The Morgan fingerprint density at radius 1 is 1.30 bits per heavy atom. The number of pyridine rings is 1. The lowest BCUT2D eigenvalue weighted by atomic mass is 9.88. The minimum absolute atomic E-state index is 0.0163. The van der Waals surface area contributed by atoms with Gasteiger partial charge in [-0.25, -0.2) is 14.3 Å². The second-order valence-electron chi connectivity index (χ2n) is 7.95. The zero-order valence-corrected chi connectivity index (χ0v) is 19.0. The van der Waals surface area contributed by atoms with Gasteiger partial charge in [-0.1, -0.05) is 30.1 Å². The molecule has 1 aliphatic rings. The number of carbonyl (C=O) groups excluding carboxylic acids is 1. The number of nitrogens with zero attached hydrogens (tertiary/aromatic N) is 5. The van der Waals surface area contributed by atoms with Crippen molar-refractivity contribution in [3.63, 3.8) is 0 Å². The van der Waals surface area contributed by atoms with Crippen molar-refractivity contribution in [3.05, 3.63) is 46.1 Å². The molecule has 0 saturated heterocycles. The fourth-order valence-corrected chi connectivity index (χ4v) is 4.40. The summed E-state index contributed by atoms with van der Waals surface area (Å²) in [7, 11) is 0. The molecule has 8 nitrogen and oxygen atoms in total. The molecule has 0 bridgehead atoms. The topological polar surface area (TPSA) is 95.7 Å². The Bertz CT molecular complexity index is 1230. The number of fused-ring (bicyclic) bond motifs is 3. The number of hydrogen-bond donors (Lipinski definition) is 2. The SMILES string of the molecule is CC[C@@H](CO)c1ncc(NC(=O)N2C[C@@](C)(C(F)(F)F)c3c2cnc2cc(Cl)nn32)cc1Cl. The molecule has 0 fully saturated rings. The number of amides is 2. The Kier molecular flexibility index (Phi) is 5.92. The summed E-state index contributed by atoms with van der Waals surface area (Å²) in [6.07, 6.45) is -1.54. The van der Waals surface area contributed by atoms with Crippen LogP contribution in [0.25, 0.3) is 5.65 Å². The monoisotopic (exact) mass is 502 g/mol. The molecule has 4 rings (SSSR count). The molecule has 0 spiro atoms. The molecule has 2 N–H and O–H groups in total. The highest BCUT2D eigenvalue weighted by atomic mass is 35.5. The van der Waals surface area contributed by atoms with E-state index in [2.05, 4.69) is 20.4 Å². The van der Waals surface area contributed by atoms with E-state index in [0.29, 0.717) is 12.1 Å². The van der Waals surface area contributed by atoms with Crippen LogP contribution in [0, 0.1) is 0 Å². The van der Waals surface area contributed by atoms with Crippen LogP contribution in [-0.2, 0) is 5.41 Å². The summed E-state index contributed by atoms with van der Waals surface area (Å²) in [5, 5.41) is 16.1. The minimum atomic E-state index is -4.69. The average molecular weight is 503 g/mol. The number of alkyl halides is 3. The lowest BCUT2D eigenvalue weighted by Crippen LogP contribution is -2.46. The first kappa shape index (κ1) is 23.5. The normalized spacial score (nSPS) is 19.1. The summed E-state index contributed by atoms with van der Waals surface area (Å²) < 4.78 is 43.5. The van der Waals surface area contributed by atoms with Crippen molar-refractivity contribution >= 4 is 46.3 Å². The van der Waals surface area contributed by atoms with Crippen LogP contribution in [0.4, 0.5) is 29.3 Å². The van der Waals surface area contributed by atoms with E-state index in [0.717, 1.165) is 16.3 Å². The molecule has 13 heteroatoms. The van der Waals surface area contributed by atoms with Gasteiger partial charge in [0.05, 0.1) is 46.8 Å². The van der Waals surface area contributed by atoms with Gasteiger partial charge in [-0.2, -0.15) is 18.3 Å². The van der Waals surface area contributed by atoms with Gasteiger partial charge in [0, 0.05) is 18.5 Å². The lowest BCUT2D eigenvalue weighted by Gasteiger charge is -2.28. The fraction of sp³-hybridized carbons (Fsp3) is 0.400. The molecule has 0 aromatic carbocycles. The summed E-state index contributed by atoms with van der Waals surface area (Å²) in [4.78, 5) is 22.3. The molecule has 0 saturated carbocycles. The van der Waals surface area contributed by atoms with Crippen LogP contribution < -0.4 is 10.2 Å². The number of aliphatic hydroxyl groups is 1. The Labute approximate surface area is 196 Å². The van der Waals surface area contributed by atoms with Gasteiger partial charge in [-0.15, -0.1) is 0 Å². The summed E-state index contributed by atoms with van der Waals surface area (Å²) in [6, 6.07) is 1.96. The van der Waals surface area contributed by atoms with Crippen LogP contribution in [0.5, 0.6) is 0 Å². The van der Waals surface area contributed by atoms with E-state index in [1.807, 2.05) is 6.92 Å². The number of anilines is 2. The molecule has 4 heterocycles. The summed E-state index contributed by atoms with van der Waals surface area (Å²) in [5.74, 6) is -0.269. The highest BCUT2D eigenvalue weighted by Crippen LogP contribution is 2.50. The maximum absolute atomic E-state index is 14.2. The fourth-order valence-electron chi connectivity index (χ4n) is 3.91. The van der Waals surface area contributed by atoms with Crippen LogP contribution in [0.2, 0.25) is 10.2 Å². The quantitative estimate of drug-likeness (QED) is 0.534. The van der Waals surface area contributed by atoms with Gasteiger partial charge in [0.25, 0.3) is 0 Å². The highest BCUT2D eigenvalue weighted by molar-refractivity contribution is 6.31. The van der Waals surface area contributed by atoms with Crippen molar-refractivity contribution in [2.75, 3.05) is 23.4 Å². The minimum Gasteiger partial charge on any atom is -0.396 e. The molecule has 1 aliphatic heterocycles. The van der Waals surface area contributed by atoms with Crippen LogP contribution in [0.3, 0.4) is 0 Å². The van der Waals surface area contributed by atoms with Gasteiger partial charge >= 0.3 is 12.2 Å². The molecule has 0 radical (unpaired) electrons. The third-order valence-electron chi connectivity index (χ3n) is 5.81. The largest absolute Gasteiger partial charge is 0.401 e. The van der Waals surface area contributed by atoms with Crippen molar-refractivity contribution in [1.29, 1.82) is 0 Å². The maximum Gasteiger partial charge on any atom is 0.401 e. The first-order valence-corrected chi connectivity index (χ1v) is 10.7. The van der Waals surface area contributed by atoms with Gasteiger partial charge in [0.1, 0.15) is 5.41 Å². The molecule has 2 atom stereocenters. The number of aromatic nitrogens is 4.